The molecule has 0 fully saturated rings. The van der Waals surface area contributed by atoms with Gasteiger partial charge in [-0.2, -0.15) is 11.3 Å². The number of halogens is 1. The Kier molecular flexibility index (Phi) is 4.07. The molecule has 10 heavy (non-hydrogen) atoms. The Morgan fingerprint density at radius 2 is 2.30 bits per heavy atom. The van der Waals surface area contributed by atoms with Gasteiger partial charge >= 0.3 is 0 Å². The first kappa shape index (κ1) is 8.28. The number of thiophene rings is 1. The van der Waals surface area contributed by atoms with Crippen molar-refractivity contribution in [1.82, 2.24) is 0 Å². The molecule has 0 saturated heterocycles. The molecule has 1 aromatic rings. The van der Waals surface area contributed by atoms with E-state index >= 15 is 0 Å². The smallest absolute Gasteiger partial charge is 0.00314 e. The zero-order valence-electron chi connectivity index (χ0n) is 5.85. The summed E-state index contributed by atoms with van der Waals surface area (Å²) in [5.41, 5.74) is 1.49. The summed E-state index contributed by atoms with van der Waals surface area (Å²) < 4.78 is 0. The van der Waals surface area contributed by atoms with E-state index in [2.05, 4.69) is 32.8 Å². The first-order valence-electron chi connectivity index (χ1n) is 3.50. The molecule has 1 heterocycles. The zero-order chi connectivity index (χ0) is 7.23. The van der Waals surface area contributed by atoms with Crippen LogP contribution in [0.25, 0.3) is 0 Å². The topological polar surface area (TPSA) is 0 Å². The number of hydrogen-bond donors (Lipinski definition) is 0. The van der Waals surface area contributed by atoms with E-state index in [1.807, 2.05) is 0 Å². The number of hydrogen-bond acceptors (Lipinski definition) is 1. The Balaban J connectivity index is 2.15. The first-order valence-corrected chi connectivity index (χ1v) is 5.57. The van der Waals surface area contributed by atoms with E-state index in [-0.39, 0.29) is 0 Å². The van der Waals surface area contributed by atoms with Crippen LogP contribution in [-0.4, -0.2) is 5.33 Å². The van der Waals surface area contributed by atoms with Gasteiger partial charge in [0.1, 0.15) is 0 Å². The van der Waals surface area contributed by atoms with Gasteiger partial charge in [0.05, 0.1) is 0 Å². The SMILES string of the molecule is BrCCCCc1ccsc1. The second-order valence-electron chi connectivity index (χ2n) is 2.28. The highest BCUT2D eigenvalue weighted by molar-refractivity contribution is 9.09. The van der Waals surface area contributed by atoms with E-state index in [1.165, 1.54) is 24.8 Å². The van der Waals surface area contributed by atoms with Gasteiger partial charge in [0.15, 0.2) is 0 Å². The number of aryl methyl sites for hydroxylation is 1. The highest BCUT2D eigenvalue weighted by atomic mass is 79.9. The van der Waals surface area contributed by atoms with Crippen LogP contribution in [0.5, 0.6) is 0 Å². The Bertz CT molecular complexity index is 158. The van der Waals surface area contributed by atoms with Gasteiger partial charge in [-0.15, -0.1) is 0 Å². The second-order valence-corrected chi connectivity index (χ2v) is 3.85. The van der Waals surface area contributed by atoms with E-state index in [4.69, 9.17) is 0 Å². The van der Waals surface area contributed by atoms with Crippen LogP contribution in [0.15, 0.2) is 16.8 Å². The van der Waals surface area contributed by atoms with Gasteiger partial charge in [-0.05, 0) is 41.7 Å². The molecule has 0 bridgehead atoms. The van der Waals surface area contributed by atoms with Crippen LogP contribution in [0.4, 0.5) is 0 Å². The van der Waals surface area contributed by atoms with E-state index in [9.17, 15) is 0 Å². The Morgan fingerprint density at radius 3 is 2.90 bits per heavy atom. The minimum atomic E-state index is 1.14. The number of alkyl halides is 1. The third-order valence-electron chi connectivity index (χ3n) is 1.43. The fraction of sp³-hybridized carbons (Fsp3) is 0.500. The van der Waals surface area contributed by atoms with Crippen molar-refractivity contribution in [2.75, 3.05) is 5.33 Å². The average molecular weight is 219 g/mol. The molecule has 1 aromatic heterocycles. The average Bonchev–Trinajstić information content (AvgIpc) is 2.41. The lowest BCUT2D eigenvalue weighted by atomic mass is 10.2. The third kappa shape index (κ3) is 2.84. The van der Waals surface area contributed by atoms with Crippen molar-refractivity contribution in [2.24, 2.45) is 0 Å². The van der Waals surface area contributed by atoms with Crippen molar-refractivity contribution < 1.29 is 0 Å². The summed E-state index contributed by atoms with van der Waals surface area (Å²) in [6, 6.07) is 2.21. The summed E-state index contributed by atoms with van der Waals surface area (Å²) in [4.78, 5) is 0. The molecule has 0 aromatic carbocycles. The van der Waals surface area contributed by atoms with Crippen molar-refractivity contribution in [2.45, 2.75) is 19.3 Å². The van der Waals surface area contributed by atoms with Crippen LogP contribution in [0.3, 0.4) is 0 Å². The molecule has 0 N–H and O–H groups in total. The summed E-state index contributed by atoms with van der Waals surface area (Å²) in [5.74, 6) is 0. The van der Waals surface area contributed by atoms with Gasteiger partial charge in [-0.1, -0.05) is 15.9 Å². The lowest BCUT2D eigenvalue weighted by Crippen LogP contribution is -1.81. The lowest BCUT2D eigenvalue weighted by Gasteiger charge is -1.93. The second kappa shape index (κ2) is 4.91. The van der Waals surface area contributed by atoms with Crippen molar-refractivity contribution in [3.63, 3.8) is 0 Å². The van der Waals surface area contributed by atoms with Gasteiger partial charge in [-0.25, -0.2) is 0 Å². The highest BCUT2D eigenvalue weighted by Crippen LogP contribution is 2.09. The Labute approximate surface area is 74.4 Å². The molecule has 0 amide bonds. The minimum absolute atomic E-state index is 1.14. The maximum Gasteiger partial charge on any atom is 0.00314 e. The van der Waals surface area contributed by atoms with E-state index in [1.54, 1.807) is 11.3 Å². The van der Waals surface area contributed by atoms with Crippen molar-refractivity contribution >= 4 is 27.3 Å². The fourth-order valence-corrected chi connectivity index (χ4v) is 1.96. The molecule has 1 rings (SSSR count). The maximum atomic E-state index is 3.42. The monoisotopic (exact) mass is 218 g/mol. The Morgan fingerprint density at radius 1 is 1.40 bits per heavy atom. The van der Waals surface area contributed by atoms with Gasteiger partial charge in [-0.3, -0.25) is 0 Å². The molecule has 0 atom stereocenters. The molecule has 0 aliphatic rings. The van der Waals surface area contributed by atoms with Gasteiger partial charge in [0.25, 0.3) is 0 Å². The summed E-state index contributed by atoms with van der Waals surface area (Å²) in [6.07, 6.45) is 3.84. The molecule has 0 spiro atoms. The Hall–Kier alpha value is 0.180. The molecular weight excluding hydrogens is 208 g/mol. The minimum Gasteiger partial charge on any atom is -0.152 e. The van der Waals surface area contributed by atoms with E-state index in [0.29, 0.717) is 0 Å². The number of rotatable bonds is 4. The number of unbranched alkanes of at least 4 members (excludes halogenated alkanes) is 1. The van der Waals surface area contributed by atoms with Crippen LogP contribution in [0.1, 0.15) is 18.4 Å². The third-order valence-corrected chi connectivity index (χ3v) is 2.72. The molecule has 0 aliphatic heterocycles. The van der Waals surface area contributed by atoms with Crippen molar-refractivity contribution in [3.8, 4) is 0 Å². The lowest BCUT2D eigenvalue weighted by molar-refractivity contribution is 0.808. The van der Waals surface area contributed by atoms with E-state index in [0.717, 1.165) is 5.33 Å². The van der Waals surface area contributed by atoms with Gasteiger partial charge in [0.2, 0.25) is 0 Å². The predicted octanol–water partition coefficient (Wildman–Crippen LogP) is 3.47. The van der Waals surface area contributed by atoms with Crippen LogP contribution in [0, 0.1) is 0 Å². The quantitative estimate of drug-likeness (QED) is 0.537. The molecule has 0 nitrogen and oxygen atoms in total. The molecular formula is C8H11BrS. The largest absolute Gasteiger partial charge is 0.152 e. The molecule has 56 valence electrons. The highest BCUT2D eigenvalue weighted by Gasteiger charge is 1.91. The molecule has 0 aliphatic carbocycles. The van der Waals surface area contributed by atoms with E-state index < -0.39 is 0 Å². The molecule has 0 saturated carbocycles. The van der Waals surface area contributed by atoms with Crippen LogP contribution in [-0.2, 0) is 6.42 Å². The van der Waals surface area contributed by atoms with Gasteiger partial charge < -0.3 is 0 Å². The van der Waals surface area contributed by atoms with Gasteiger partial charge in [0, 0.05) is 5.33 Å². The maximum absolute atomic E-state index is 3.42. The molecule has 2 heteroatoms. The van der Waals surface area contributed by atoms with Crippen LogP contribution in [0.2, 0.25) is 0 Å². The summed E-state index contributed by atoms with van der Waals surface area (Å²) >= 11 is 5.20. The van der Waals surface area contributed by atoms with Crippen LogP contribution >= 0.6 is 27.3 Å². The fourth-order valence-electron chi connectivity index (χ4n) is 0.859. The summed E-state index contributed by atoms with van der Waals surface area (Å²) in [7, 11) is 0. The molecule has 0 unspecified atom stereocenters. The first-order chi connectivity index (χ1) is 4.93. The molecule has 0 radical (unpaired) electrons. The summed E-state index contributed by atoms with van der Waals surface area (Å²) in [6.45, 7) is 0. The van der Waals surface area contributed by atoms with Crippen molar-refractivity contribution in [3.05, 3.63) is 22.4 Å². The van der Waals surface area contributed by atoms with Crippen molar-refractivity contribution in [1.29, 1.82) is 0 Å². The predicted molar refractivity (Wildman–Crippen MR) is 51.1 cm³/mol. The standard InChI is InChI=1S/C8H11BrS/c9-5-2-1-3-8-4-6-10-7-8/h4,6-7H,1-3,5H2. The summed E-state index contributed by atoms with van der Waals surface area (Å²) in [5, 5.41) is 5.51. The van der Waals surface area contributed by atoms with Crippen LogP contribution < -0.4 is 0 Å². The zero-order valence-corrected chi connectivity index (χ0v) is 8.25. The normalized spacial score (nSPS) is 10.1.